The fourth-order valence-electron chi connectivity index (χ4n) is 1.60. The maximum atomic E-state index is 9.69. The van der Waals surface area contributed by atoms with Gasteiger partial charge in [-0.2, -0.15) is 0 Å². The van der Waals surface area contributed by atoms with Crippen LogP contribution in [-0.2, 0) is 4.74 Å². The van der Waals surface area contributed by atoms with Gasteiger partial charge in [0.1, 0.15) is 0 Å². The summed E-state index contributed by atoms with van der Waals surface area (Å²) in [6.07, 6.45) is -0.234. The first-order valence-electron chi connectivity index (χ1n) is 4.73. The van der Waals surface area contributed by atoms with Crippen molar-refractivity contribution in [3.63, 3.8) is 0 Å². The number of benzene rings is 1. The third kappa shape index (κ3) is 2.02. The fraction of sp³-hybridized carbons (Fsp3) is 0.400. The maximum Gasteiger partial charge on any atom is 0.176 e. The van der Waals surface area contributed by atoms with Crippen LogP contribution >= 0.6 is 11.6 Å². The molecule has 82 valence electrons. The lowest BCUT2D eigenvalue weighted by Gasteiger charge is -2.24. The molecule has 2 rings (SSSR count). The number of hydrogen-bond acceptors (Lipinski definition) is 4. The van der Waals surface area contributed by atoms with E-state index in [2.05, 4.69) is 5.32 Å². The molecule has 1 aliphatic rings. The zero-order valence-electron chi connectivity index (χ0n) is 8.03. The average molecular weight is 230 g/mol. The Morgan fingerprint density at radius 1 is 1.33 bits per heavy atom. The zero-order valence-corrected chi connectivity index (χ0v) is 8.79. The van der Waals surface area contributed by atoms with Gasteiger partial charge < -0.3 is 20.3 Å². The molecule has 5 heteroatoms. The van der Waals surface area contributed by atoms with E-state index < -0.39 is 0 Å². The summed E-state index contributed by atoms with van der Waals surface area (Å²) in [7, 11) is 0. The topological polar surface area (TPSA) is 61.7 Å². The summed E-state index contributed by atoms with van der Waals surface area (Å²) in [5.74, 6) is -0.487. The average Bonchev–Trinajstić information content (AvgIpc) is 2.27. The van der Waals surface area contributed by atoms with Crippen molar-refractivity contribution in [3.8, 4) is 11.5 Å². The Bertz CT molecular complexity index is 364. The van der Waals surface area contributed by atoms with Gasteiger partial charge in [0.25, 0.3) is 0 Å². The van der Waals surface area contributed by atoms with Gasteiger partial charge in [0.15, 0.2) is 11.5 Å². The molecule has 15 heavy (non-hydrogen) atoms. The molecule has 0 bridgehead atoms. The van der Waals surface area contributed by atoms with Crippen LogP contribution in [0.25, 0.3) is 0 Å². The Morgan fingerprint density at radius 2 is 2.13 bits per heavy atom. The third-order valence-corrected chi connectivity index (χ3v) is 2.71. The van der Waals surface area contributed by atoms with E-state index in [1.807, 2.05) is 0 Å². The molecular weight excluding hydrogens is 218 g/mol. The van der Waals surface area contributed by atoms with Crippen LogP contribution in [0.1, 0.15) is 11.7 Å². The van der Waals surface area contributed by atoms with Crippen molar-refractivity contribution in [2.45, 2.75) is 6.10 Å². The minimum Gasteiger partial charge on any atom is -0.504 e. The van der Waals surface area contributed by atoms with E-state index in [1.165, 1.54) is 0 Å². The van der Waals surface area contributed by atoms with E-state index in [0.717, 1.165) is 6.54 Å². The highest BCUT2D eigenvalue weighted by Gasteiger charge is 2.21. The molecule has 0 radical (unpaired) electrons. The van der Waals surface area contributed by atoms with Gasteiger partial charge in [0.2, 0.25) is 0 Å². The normalized spacial score (nSPS) is 21.5. The SMILES string of the molecule is Oc1c(Cl)ccc(C2CNCCO2)c1O. The number of hydrogen-bond donors (Lipinski definition) is 3. The Kier molecular flexibility index (Phi) is 3.00. The van der Waals surface area contributed by atoms with Crippen LogP contribution in [0.4, 0.5) is 0 Å². The van der Waals surface area contributed by atoms with Gasteiger partial charge in [0, 0.05) is 18.7 Å². The monoisotopic (exact) mass is 229 g/mol. The van der Waals surface area contributed by atoms with Crippen molar-refractivity contribution < 1.29 is 14.9 Å². The molecule has 0 amide bonds. The molecule has 0 aromatic heterocycles. The van der Waals surface area contributed by atoms with E-state index in [1.54, 1.807) is 12.1 Å². The summed E-state index contributed by atoms with van der Waals surface area (Å²) in [5.41, 5.74) is 0.559. The van der Waals surface area contributed by atoms with E-state index in [9.17, 15) is 10.2 Å². The number of phenolic OH excluding ortho intramolecular Hbond substituents is 2. The van der Waals surface area contributed by atoms with Gasteiger partial charge in [-0.3, -0.25) is 0 Å². The second-order valence-electron chi connectivity index (χ2n) is 3.40. The van der Waals surface area contributed by atoms with Crippen LogP contribution in [0.2, 0.25) is 5.02 Å². The molecule has 1 aromatic rings. The molecule has 4 nitrogen and oxygen atoms in total. The zero-order chi connectivity index (χ0) is 10.8. The highest BCUT2D eigenvalue weighted by atomic mass is 35.5. The number of aromatic hydroxyl groups is 2. The predicted octanol–water partition coefficient (Wildman–Crippen LogP) is 1.41. The van der Waals surface area contributed by atoms with E-state index in [-0.39, 0.29) is 22.6 Å². The van der Waals surface area contributed by atoms with Crippen molar-refractivity contribution in [1.29, 1.82) is 0 Å². The molecular formula is C10H12ClNO3. The Morgan fingerprint density at radius 3 is 2.80 bits per heavy atom. The first-order chi connectivity index (χ1) is 7.20. The Labute approximate surface area is 92.4 Å². The lowest BCUT2D eigenvalue weighted by Crippen LogP contribution is -2.33. The van der Waals surface area contributed by atoms with Gasteiger partial charge in [-0.15, -0.1) is 0 Å². The summed E-state index contributed by atoms with van der Waals surface area (Å²) in [5, 5.41) is 22.4. The number of nitrogens with one attached hydrogen (secondary N) is 1. The standard InChI is InChI=1S/C10H12ClNO3/c11-7-2-1-6(9(13)10(7)14)8-5-12-3-4-15-8/h1-2,8,12-14H,3-5H2. The summed E-state index contributed by atoms with van der Waals surface area (Å²) in [6.45, 7) is 2.01. The number of ether oxygens (including phenoxy) is 1. The minimum absolute atomic E-state index is 0.139. The van der Waals surface area contributed by atoms with E-state index in [4.69, 9.17) is 16.3 Å². The molecule has 1 aromatic carbocycles. The van der Waals surface area contributed by atoms with E-state index in [0.29, 0.717) is 18.7 Å². The fourth-order valence-corrected chi connectivity index (χ4v) is 1.75. The highest BCUT2D eigenvalue weighted by Crippen LogP contribution is 2.39. The quantitative estimate of drug-likeness (QED) is 0.638. The molecule has 0 spiro atoms. The first-order valence-corrected chi connectivity index (χ1v) is 5.10. The summed E-state index contributed by atoms with van der Waals surface area (Å²) in [6, 6.07) is 3.21. The second kappa shape index (κ2) is 4.26. The molecule has 1 saturated heterocycles. The lowest BCUT2D eigenvalue weighted by molar-refractivity contribution is 0.0261. The molecule has 1 fully saturated rings. The van der Waals surface area contributed by atoms with Crippen LogP contribution in [0.3, 0.4) is 0 Å². The van der Waals surface area contributed by atoms with Crippen molar-refractivity contribution in [3.05, 3.63) is 22.7 Å². The highest BCUT2D eigenvalue weighted by molar-refractivity contribution is 6.32. The van der Waals surface area contributed by atoms with Gasteiger partial charge in [-0.05, 0) is 6.07 Å². The predicted molar refractivity (Wildman–Crippen MR) is 56.3 cm³/mol. The molecule has 0 aliphatic carbocycles. The Hall–Kier alpha value is -0.970. The van der Waals surface area contributed by atoms with Gasteiger partial charge in [-0.25, -0.2) is 0 Å². The van der Waals surface area contributed by atoms with Crippen molar-refractivity contribution in [1.82, 2.24) is 5.32 Å². The smallest absolute Gasteiger partial charge is 0.176 e. The summed E-state index contributed by atoms with van der Waals surface area (Å²) < 4.78 is 5.46. The third-order valence-electron chi connectivity index (χ3n) is 2.41. The minimum atomic E-state index is -0.289. The van der Waals surface area contributed by atoms with Gasteiger partial charge in [0.05, 0.1) is 17.7 Å². The van der Waals surface area contributed by atoms with Crippen LogP contribution in [0, 0.1) is 0 Å². The number of rotatable bonds is 1. The van der Waals surface area contributed by atoms with Crippen molar-refractivity contribution in [2.24, 2.45) is 0 Å². The molecule has 1 atom stereocenters. The molecule has 1 unspecified atom stereocenters. The molecule has 3 N–H and O–H groups in total. The Balaban J connectivity index is 2.31. The number of phenols is 2. The second-order valence-corrected chi connectivity index (χ2v) is 3.80. The largest absolute Gasteiger partial charge is 0.504 e. The van der Waals surface area contributed by atoms with Crippen molar-refractivity contribution in [2.75, 3.05) is 19.7 Å². The molecule has 1 aliphatic heterocycles. The lowest BCUT2D eigenvalue weighted by atomic mass is 10.1. The van der Waals surface area contributed by atoms with Crippen LogP contribution in [0.5, 0.6) is 11.5 Å². The molecule has 0 saturated carbocycles. The van der Waals surface area contributed by atoms with Gasteiger partial charge >= 0.3 is 0 Å². The van der Waals surface area contributed by atoms with Crippen molar-refractivity contribution >= 4 is 11.6 Å². The first kappa shape index (κ1) is 10.5. The summed E-state index contributed by atoms with van der Waals surface area (Å²) in [4.78, 5) is 0. The number of morpholine rings is 1. The number of halogens is 1. The van der Waals surface area contributed by atoms with Gasteiger partial charge in [-0.1, -0.05) is 17.7 Å². The van der Waals surface area contributed by atoms with Crippen LogP contribution in [-0.4, -0.2) is 29.9 Å². The summed E-state index contributed by atoms with van der Waals surface area (Å²) >= 11 is 5.66. The maximum absolute atomic E-state index is 9.69. The van der Waals surface area contributed by atoms with Crippen LogP contribution in [0.15, 0.2) is 12.1 Å². The van der Waals surface area contributed by atoms with E-state index >= 15 is 0 Å². The molecule has 1 heterocycles. The van der Waals surface area contributed by atoms with Crippen LogP contribution < -0.4 is 5.32 Å².